The molecule has 0 bridgehead atoms. The van der Waals surface area contributed by atoms with E-state index in [0.717, 1.165) is 24.7 Å². The number of carbonyl (C=O) groups is 1. The molecule has 0 spiro atoms. The number of esters is 1. The lowest BCUT2D eigenvalue weighted by Gasteiger charge is -2.70. The SMILES string of the molecule is C=C(CC=CC(C)(C)O)[C@H]1CC[C@@]2(C)[C@H]1CC[C@@H]1[C@@]3(C)CC[C@H](OC(C)=O)C(C)(C)C3CC[C@]12C. The summed E-state index contributed by atoms with van der Waals surface area (Å²) in [4.78, 5) is 11.8. The fourth-order valence-corrected chi connectivity index (χ4v) is 10.3. The highest BCUT2D eigenvalue weighted by atomic mass is 16.5. The van der Waals surface area contributed by atoms with E-state index in [1.165, 1.54) is 50.5 Å². The zero-order valence-corrected chi connectivity index (χ0v) is 23.9. The standard InChI is InChI=1S/C32H52O3/c1-21(11-10-17-28(3,4)34)23-14-19-31(8)24(23)12-13-26-30(7)18-16-27(35-22(2)33)29(5,6)25(30)15-20-32(26,31)9/h10,17,23-27,34H,1,11-16,18-20H2,2-9H3/t23-,24+,25?,26-,27+,30+,31+,32-/m1/s1. The van der Waals surface area contributed by atoms with Crippen LogP contribution in [0, 0.1) is 45.3 Å². The molecule has 4 rings (SSSR count). The van der Waals surface area contributed by atoms with E-state index in [4.69, 9.17) is 4.74 Å². The molecule has 1 unspecified atom stereocenters. The van der Waals surface area contributed by atoms with Crippen molar-refractivity contribution in [2.24, 2.45) is 45.3 Å². The van der Waals surface area contributed by atoms with Crippen molar-refractivity contribution in [3.63, 3.8) is 0 Å². The summed E-state index contributed by atoms with van der Waals surface area (Å²) in [6.07, 6.45) is 14.9. The molecule has 0 aromatic heterocycles. The number of aliphatic hydroxyl groups is 1. The summed E-state index contributed by atoms with van der Waals surface area (Å²) >= 11 is 0. The highest BCUT2D eigenvalue weighted by molar-refractivity contribution is 5.66. The van der Waals surface area contributed by atoms with Crippen LogP contribution in [0.1, 0.15) is 113 Å². The first-order valence-corrected chi connectivity index (χ1v) is 14.3. The van der Waals surface area contributed by atoms with Crippen molar-refractivity contribution in [1.29, 1.82) is 0 Å². The molecule has 4 saturated carbocycles. The maximum Gasteiger partial charge on any atom is 0.302 e. The molecule has 0 saturated heterocycles. The molecule has 0 heterocycles. The van der Waals surface area contributed by atoms with Gasteiger partial charge in [0.2, 0.25) is 0 Å². The summed E-state index contributed by atoms with van der Waals surface area (Å²) in [5.41, 5.74) is 1.65. The Bertz CT molecular complexity index is 878. The van der Waals surface area contributed by atoms with Gasteiger partial charge in [-0.1, -0.05) is 58.9 Å². The number of ether oxygens (including phenoxy) is 1. The molecule has 1 N–H and O–H groups in total. The Hall–Kier alpha value is -1.09. The van der Waals surface area contributed by atoms with Crippen molar-refractivity contribution in [2.75, 3.05) is 0 Å². The van der Waals surface area contributed by atoms with Crippen LogP contribution in [-0.4, -0.2) is 22.8 Å². The molecule has 0 radical (unpaired) electrons. The van der Waals surface area contributed by atoms with Gasteiger partial charge in [0.15, 0.2) is 0 Å². The van der Waals surface area contributed by atoms with E-state index in [-0.39, 0.29) is 17.5 Å². The summed E-state index contributed by atoms with van der Waals surface area (Å²) in [5.74, 6) is 2.53. The lowest BCUT2D eigenvalue weighted by molar-refractivity contribution is -0.226. The minimum atomic E-state index is -0.758. The topological polar surface area (TPSA) is 46.5 Å². The molecule has 0 aliphatic heterocycles. The molecule has 0 amide bonds. The second kappa shape index (κ2) is 8.74. The number of hydrogen-bond donors (Lipinski definition) is 1. The van der Waals surface area contributed by atoms with Gasteiger partial charge in [-0.2, -0.15) is 0 Å². The summed E-state index contributed by atoms with van der Waals surface area (Å²) < 4.78 is 5.87. The molecule has 35 heavy (non-hydrogen) atoms. The van der Waals surface area contributed by atoms with Crippen molar-refractivity contribution < 1.29 is 14.6 Å². The molecule has 3 nitrogen and oxygen atoms in total. The lowest BCUT2D eigenvalue weighted by Crippen LogP contribution is -2.64. The monoisotopic (exact) mass is 484 g/mol. The zero-order chi connectivity index (χ0) is 26.0. The average Bonchev–Trinajstić information content (AvgIpc) is 3.07. The van der Waals surface area contributed by atoms with Crippen LogP contribution in [0.2, 0.25) is 0 Å². The minimum absolute atomic E-state index is 0.0249. The van der Waals surface area contributed by atoms with Gasteiger partial charge in [0.1, 0.15) is 6.10 Å². The van der Waals surface area contributed by atoms with E-state index in [1.807, 2.05) is 19.9 Å². The maximum atomic E-state index is 11.8. The molecule has 8 atom stereocenters. The predicted molar refractivity (Wildman–Crippen MR) is 144 cm³/mol. The number of rotatable bonds is 5. The first-order valence-electron chi connectivity index (χ1n) is 14.3. The van der Waals surface area contributed by atoms with Gasteiger partial charge in [0.05, 0.1) is 5.60 Å². The molecule has 0 aromatic rings. The molecule has 0 aromatic carbocycles. The first kappa shape index (κ1) is 27.0. The minimum Gasteiger partial charge on any atom is -0.462 e. The molecule has 198 valence electrons. The van der Waals surface area contributed by atoms with Crippen LogP contribution in [0.5, 0.6) is 0 Å². The number of fused-ring (bicyclic) bond motifs is 5. The van der Waals surface area contributed by atoms with Crippen LogP contribution < -0.4 is 0 Å². The van der Waals surface area contributed by atoms with Crippen LogP contribution >= 0.6 is 0 Å². The third-order valence-corrected chi connectivity index (χ3v) is 12.1. The largest absolute Gasteiger partial charge is 0.462 e. The molecular formula is C32H52O3. The van der Waals surface area contributed by atoms with E-state index in [0.29, 0.717) is 28.1 Å². The van der Waals surface area contributed by atoms with E-state index < -0.39 is 5.60 Å². The van der Waals surface area contributed by atoms with Crippen LogP contribution in [0.4, 0.5) is 0 Å². The Balaban J connectivity index is 1.57. The Kier molecular flexibility index (Phi) is 6.73. The second-order valence-electron chi connectivity index (χ2n) is 14.7. The third kappa shape index (κ3) is 4.26. The highest BCUT2D eigenvalue weighted by Gasteiger charge is 2.68. The van der Waals surface area contributed by atoms with Gasteiger partial charge in [-0.25, -0.2) is 0 Å². The summed E-state index contributed by atoms with van der Waals surface area (Å²) in [5, 5.41) is 10.1. The Labute approximate surface area is 215 Å². The van der Waals surface area contributed by atoms with E-state index >= 15 is 0 Å². The Morgan fingerprint density at radius 2 is 1.63 bits per heavy atom. The molecule has 4 aliphatic carbocycles. The van der Waals surface area contributed by atoms with Crippen molar-refractivity contribution >= 4 is 5.97 Å². The Morgan fingerprint density at radius 1 is 0.971 bits per heavy atom. The lowest BCUT2D eigenvalue weighted by atomic mass is 9.35. The fourth-order valence-electron chi connectivity index (χ4n) is 10.3. The van der Waals surface area contributed by atoms with Crippen molar-refractivity contribution in [3.8, 4) is 0 Å². The van der Waals surface area contributed by atoms with E-state index in [9.17, 15) is 9.90 Å². The van der Waals surface area contributed by atoms with Gasteiger partial charge < -0.3 is 9.84 Å². The maximum absolute atomic E-state index is 11.8. The van der Waals surface area contributed by atoms with Crippen LogP contribution in [0.15, 0.2) is 24.3 Å². The Morgan fingerprint density at radius 3 is 2.26 bits per heavy atom. The molecule has 4 aliphatic rings. The van der Waals surface area contributed by atoms with Crippen LogP contribution in [0.3, 0.4) is 0 Å². The highest BCUT2D eigenvalue weighted by Crippen LogP contribution is 2.75. The summed E-state index contributed by atoms with van der Waals surface area (Å²) in [7, 11) is 0. The van der Waals surface area contributed by atoms with Crippen molar-refractivity contribution in [3.05, 3.63) is 24.3 Å². The molecule has 3 heteroatoms. The quantitative estimate of drug-likeness (QED) is 0.319. The van der Waals surface area contributed by atoms with E-state index in [2.05, 4.69) is 47.3 Å². The van der Waals surface area contributed by atoms with Crippen LogP contribution in [0.25, 0.3) is 0 Å². The normalized spacial score (nSPS) is 44.9. The summed E-state index contributed by atoms with van der Waals surface area (Å²) in [6.45, 7) is 22.4. The number of hydrogen-bond acceptors (Lipinski definition) is 3. The number of allylic oxidation sites excluding steroid dienone is 2. The second-order valence-corrected chi connectivity index (χ2v) is 14.7. The zero-order valence-electron chi connectivity index (χ0n) is 23.9. The predicted octanol–water partition coefficient (Wildman–Crippen LogP) is 7.88. The van der Waals surface area contributed by atoms with Gasteiger partial charge in [-0.15, -0.1) is 0 Å². The van der Waals surface area contributed by atoms with Gasteiger partial charge >= 0.3 is 5.97 Å². The smallest absolute Gasteiger partial charge is 0.302 e. The van der Waals surface area contributed by atoms with Crippen LogP contribution in [-0.2, 0) is 9.53 Å². The first-order chi connectivity index (χ1) is 16.1. The molecule has 4 fully saturated rings. The van der Waals surface area contributed by atoms with Gasteiger partial charge in [0.25, 0.3) is 0 Å². The van der Waals surface area contributed by atoms with Gasteiger partial charge in [0, 0.05) is 12.3 Å². The van der Waals surface area contributed by atoms with Crippen molar-refractivity contribution in [1.82, 2.24) is 0 Å². The average molecular weight is 485 g/mol. The summed E-state index contributed by atoms with van der Waals surface area (Å²) in [6, 6.07) is 0. The third-order valence-electron chi connectivity index (χ3n) is 12.1. The number of carbonyl (C=O) groups excluding carboxylic acids is 1. The van der Waals surface area contributed by atoms with Gasteiger partial charge in [-0.3, -0.25) is 4.79 Å². The molecular weight excluding hydrogens is 432 g/mol. The van der Waals surface area contributed by atoms with Crippen molar-refractivity contribution in [2.45, 2.75) is 125 Å². The van der Waals surface area contributed by atoms with E-state index in [1.54, 1.807) is 6.92 Å². The van der Waals surface area contributed by atoms with Gasteiger partial charge in [-0.05, 0) is 112 Å². The fraction of sp³-hybridized carbons (Fsp3) is 0.844.